The van der Waals surface area contributed by atoms with Gasteiger partial charge in [-0.25, -0.2) is 0 Å². The van der Waals surface area contributed by atoms with Gasteiger partial charge in [0.05, 0.1) is 30.1 Å². The summed E-state index contributed by atoms with van der Waals surface area (Å²) in [4.78, 5) is 12.2. The topological polar surface area (TPSA) is 89.2 Å². The molecule has 2 aromatic carbocycles. The molecule has 0 aliphatic heterocycles. The van der Waals surface area contributed by atoms with Crippen molar-refractivity contribution in [1.29, 1.82) is 5.26 Å². The molecule has 28 heavy (non-hydrogen) atoms. The van der Waals surface area contributed by atoms with Gasteiger partial charge < -0.3 is 14.8 Å². The zero-order chi connectivity index (χ0) is 20.1. The van der Waals surface area contributed by atoms with E-state index in [0.717, 1.165) is 16.8 Å². The van der Waals surface area contributed by atoms with E-state index >= 15 is 0 Å². The van der Waals surface area contributed by atoms with E-state index in [1.165, 1.54) is 0 Å². The van der Waals surface area contributed by atoms with Gasteiger partial charge >= 0.3 is 0 Å². The number of carbonyl (C=O) groups excluding carboxylic acids is 1. The number of amides is 1. The summed E-state index contributed by atoms with van der Waals surface area (Å²) in [7, 11) is 3.36. The van der Waals surface area contributed by atoms with E-state index in [1.54, 1.807) is 43.2 Å². The smallest absolute Gasteiger partial charge is 0.262 e. The number of benzene rings is 2. The minimum Gasteiger partial charge on any atom is -0.497 e. The maximum absolute atomic E-state index is 12.2. The zero-order valence-corrected chi connectivity index (χ0v) is 15.9. The Bertz CT molecular complexity index is 1030. The van der Waals surface area contributed by atoms with Crippen molar-refractivity contribution in [2.75, 3.05) is 19.0 Å². The lowest BCUT2D eigenvalue weighted by Gasteiger charge is -2.11. The molecule has 142 valence electrons. The van der Waals surface area contributed by atoms with Gasteiger partial charge in [-0.1, -0.05) is 12.1 Å². The van der Waals surface area contributed by atoms with Gasteiger partial charge in [0.15, 0.2) is 6.61 Å². The largest absolute Gasteiger partial charge is 0.497 e. The fourth-order valence-corrected chi connectivity index (χ4v) is 2.73. The van der Waals surface area contributed by atoms with Crippen LogP contribution in [0.25, 0.3) is 11.1 Å². The monoisotopic (exact) mass is 376 g/mol. The SMILES string of the molecule is COc1cc(OCC(=O)Nc2cn(C)nc2C)cc(-c2ccc(C#N)cc2)c1. The van der Waals surface area contributed by atoms with Crippen LogP contribution in [-0.4, -0.2) is 29.4 Å². The van der Waals surface area contributed by atoms with Crippen LogP contribution in [0.15, 0.2) is 48.7 Å². The van der Waals surface area contributed by atoms with E-state index in [2.05, 4.69) is 16.5 Å². The first-order chi connectivity index (χ1) is 13.5. The number of carbonyl (C=O) groups is 1. The minimum atomic E-state index is -0.279. The van der Waals surface area contributed by atoms with Gasteiger partial charge in [0.1, 0.15) is 11.5 Å². The third-order valence-electron chi connectivity index (χ3n) is 4.12. The molecule has 1 heterocycles. The Balaban J connectivity index is 1.73. The molecule has 0 fully saturated rings. The highest BCUT2D eigenvalue weighted by atomic mass is 16.5. The number of hydrogen-bond donors (Lipinski definition) is 1. The van der Waals surface area contributed by atoms with Crippen molar-refractivity contribution in [3.8, 4) is 28.7 Å². The number of ether oxygens (including phenoxy) is 2. The van der Waals surface area contributed by atoms with Crippen LogP contribution in [0.5, 0.6) is 11.5 Å². The number of methoxy groups -OCH3 is 1. The number of nitrogens with one attached hydrogen (secondary N) is 1. The highest BCUT2D eigenvalue weighted by Crippen LogP contribution is 2.30. The third kappa shape index (κ3) is 4.48. The number of aromatic nitrogens is 2. The molecule has 7 heteroatoms. The maximum atomic E-state index is 12.2. The van der Waals surface area contributed by atoms with Gasteiger partial charge in [-0.05, 0) is 42.3 Å². The van der Waals surface area contributed by atoms with E-state index in [9.17, 15) is 4.79 Å². The quantitative estimate of drug-likeness (QED) is 0.713. The van der Waals surface area contributed by atoms with Gasteiger partial charge in [-0.3, -0.25) is 9.48 Å². The number of nitriles is 1. The van der Waals surface area contributed by atoms with Crippen molar-refractivity contribution in [2.45, 2.75) is 6.92 Å². The number of hydrogen-bond acceptors (Lipinski definition) is 5. The molecule has 0 spiro atoms. The minimum absolute atomic E-state index is 0.145. The van der Waals surface area contributed by atoms with Crippen molar-refractivity contribution < 1.29 is 14.3 Å². The molecule has 1 aromatic heterocycles. The number of aryl methyl sites for hydroxylation is 2. The van der Waals surface area contributed by atoms with E-state index in [1.807, 2.05) is 31.2 Å². The average Bonchev–Trinajstić information content (AvgIpc) is 3.02. The second kappa shape index (κ2) is 8.27. The second-order valence-corrected chi connectivity index (χ2v) is 6.23. The lowest BCUT2D eigenvalue weighted by Crippen LogP contribution is -2.20. The molecule has 0 saturated heterocycles. The molecule has 3 aromatic rings. The summed E-state index contributed by atoms with van der Waals surface area (Å²) in [6.07, 6.45) is 1.74. The molecule has 0 atom stereocenters. The first-order valence-electron chi connectivity index (χ1n) is 8.61. The molecule has 0 aliphatic rings. The van der Waals surface area contributed by atoms with Gasteiger partial charge in [0.2, 0.25) is 0 Å². The molecule has 3 rings (SSSR count). The molecule has 0 aliphatic carbocycles. The Labute approximate surface area is 163 Å². The van der Waals surface area contributed by atoms with Crippen LogP contribution in [0.4, 0.5) is 5.69 Å². The molecule has 1 N–H and O–H groups in total. The van der Waals surface area contributed by atoms with Crippen LogP contribution in [-0.2, 0) is 11.8 Å². The second-order valence-electron chi connectivity index (χ2n) is 6.23. The van der Waals surface area contributed by atoms with E-state index in [0.29, 0.717) is 22.7 Å². The van der Waals surface area contributed by atoms with Crippen LogP contribution in [0, 0.1) is 18.3 Å². The number of rotatable bonds is 6. The third-order valence-corrected chi connectivity index (χ3v) is 4.12. The molecule has 0 unspecified atom stereocenters. The lowest BCUT2D eigenvalue weighted by atomic mass is 10.0. The first-order valence-corrected chi connectivity index (χ1v) is 8.61. The molecular formula is C21H20N4O3. The summed E-state index contributed by atoms with van der Waals surface area (Å²) in [6, 6.07) is 14.7. The Morgan fingerprint density at radius 3 is 2.50 bits per heavy atom. The van der Waals surface area contributed by atoms with Crippen molar-refractivity contribution in [1.82, 2.24) is 9.78 Å². The lowest BCUT2D eigenvalue weighted by molar-refractivity contribution is -0.118. The zero-order valence-electron chi connectivity index (χ0n) is 15.9. The Morgan fingerprint density at radius 2 is 1.89 bits per heavy atom. The van der Waals surface area contributed by atoms with Crippen LogP contribution in [0.3, 0.4) is 0 Å². The molecule has 0 radical (unpaired) electrons. The average molecular weight is 376 g/mol. The van der Waals surface area contributed by atoms with Crippen LogP contribution in [0.2, 0.25) is 0 Å². The normalized spacial score (nSPS) is 10.2. The predicted molar refractivity (Wildman–Crippen MR) is 105 cm³/mol. The molecule has 0 bridgehead atoms. The van der Waals surface area contributed by atoms with Crippen molar-refractivity contribution in [3.63, 3.8) is 0 Å². The van der Waals surface area contributed by atoms with Crippen molar-refractivity contribution >= 4 is 11.6 Å². The fraction of sp³-hybridized carbons (Fsp3) is 0.190. The summed E-state index contributed by atoms with van der Waals surface area (Å²) in [6.45, 7) is 1.68. The Morgan fingerprint density at radius 1 is 1.18 bits per heavy atom. The summed E-state index contributed by atoms with van der Waals surface area (Å²) in [5.74, 6) is 0.844. The molecule has 1 amide bonds. The Hall–Kier alpha value is -3.79. The predicted octanol–water partition coefficient (Wildman–Crippen LogP) is 3.29. The van der Waals surface area contributed by atoms with Gasteiger partial charge in [0, 0.05) is 19.3 Å². The van der Waals surface area contributed by atoms with Crippen LogP contribution >= 0.6 is 0 Å². The summed E-state index contributed by atoms with van der Waals surface area (Å²) in [5, 5.41) is 15.9. The molecular weight excluding hydrogens is 356 g/mol. The van der Waals surface area contributed by atoms with Gasteiger partial charge in [-0.2, -0.15) is 10.4 Å². The van der Waals surface area contributed by atoms with Gasteiger partial charge in [-0.15, -0.1) is 0 Å². The summed E-state index contributed by atoms with van der Waals surface area (Å²) >= 11 is 0. The maximum Gasteiger partial charge on any atom is 0.262 e. The Kier molecular flexibility index (Phi) is 5.61. The summed E-state index contributed by atoms with van der Waals surface area (Å²) < 4.78 is 12.6. The fourth-order valence-electron chi connectivity index (χ4n) is 2.73. The number of nitrogens with zero attached hydrogens (tertiary/aromatic N) is 3. The molecule has 0 saturated carbocycles. The first kappa shape index (κ1) is 19.0. The van der Waals surface area contributed by atoms with Gasteiger partial charge in [0.25, 0.3) is 5.91 Å². The van der Waals surface area contributed by atoms with Crippen LogP contribution in [0.1, 0.15) is 11.3 Å². The highest BCUT2D eigenvalue weighted by Gasteiger charge is 2.10. The van der Waals surface area contributed by atoms with Crippen molar-refractivity contribution in [2.24, 2.45) is 7.05 Å². The van der Waals surface area contributed by atoms with Crippen molar-refractivity contribution in [3.05, 3.63) is 59.9 Å². The molecule has 7 nitrogen and oxygen atoms in total. The van der Waals surface area contributed by atoms with E-state index < -0.39 is 0 Å². The highest BCUT2D eigenvalue weighted by molar-refractivity contribution is 5.92. The van der Waals surface area contributed by atoms with E-state index in [-0.39, 0.29) is 12.5 Å². The van der Waals surface area contributed by atoms with E-state index in [4.69, 9.17) is 14.7 Å². The van der Waals surface area contributed by atoms with Crippen LogP contribution < -0.4 is 14.8 Å². The number of anilines is 1. The summed E-state index contributed by atoms with van der Waals surface area (Å²) in [5.41, 5.74) is 3.76. The standard InChI is InChI=1S/C21H20N4O3/c1-14-20(12-25(2)24-14)23-21(26)13-28-19-9-17(8-18(10-19)27-3)16-6-4-15(11-22)5-7-16/h4-10,12H,13H2,1-3H3,(H,23,26).